The fraction of sp³-hybridized carbons (Fsp3) is 0.387. The van der Waals surface area contributed by atoms with Gasteiger partial charge in [-0.05, 0) is 43.0 Å². The van der Waals surface area contributed by atoms with Gasteiger partial charge in [-0.3, -0.25) is 10.1 Å². The van der Waals surface area contributed by atoms with E-state index in [-0.39, 0.29) is 77.5 Å². The molecule has 0 saturated carbocycles. The smallest absolute Gasteiger partial charge is 0.566 e. The van der Waals surface area contributed by atoms with Gasteiger partial charge in [-0.2, -0.15) is 32.1 Å². The Morgan fingerprint density at radius 3 is 2.43 bits per heavy atom. The SMILES string of the molecule is CCOC(=O)COc1c([C-]=O)sc(-c2cccc(NC3CCN(S(=O)(=O)Cc4cccc([N+](=O)[O-])c4)CC3)c2)c1Cl.C[C-](C)C.[U+2]. The van der Waals surface area contributed by atoms with E-state index in [2.05, 4.69) is 26.1 Å². The molecule has 0 radical (unpaired) electrons. The maximum absolute atomic E-state index is 13.0. The van der Waals surface area contributed by atoms with Crippen molar-refractivity contribution in [3.8, 4) is 16.2 Å². The minimum atomic E-state index is -3.64. The Balaban J connectivity index is 0.00000139. The Bertz CT molecular complexity index is 1590. The molecule has 246 valence electrons. The van der Waals surface area contributed by atoms with Crippen molar-refractivity contribution in [3.63, 3.8) is 0 Å². The molecule has 0 unspecified atom stereocenters. The second kappa shape index (κ2) is 18.8. The largest absolute Gasteiger partial charge is 2.00 e. The van der Waals surface area contributed by atoms with Crippen LogP contribution in [-0.4, -0.2) is 62.2 Å². The molecule has 3 aromatic rings. The summed E-state index contributed by atoms with van der Waals surface area (Å²) in [6, 6.07) is 13.1. The van der Waals surface area contributed by atoms with Crippen LogP contribution in [0.15, 0.2) is 48.5 Å². The zero-order valence-electron chi connectivity index (χ0n) is 26.0. The van der Waals surface area contributed by atoms with Gasteiger partial charge >= 0.3 is 37.1 Å². The molecule has 0 bridgehead atoms. The molecule has 1 aliphatic rings. The van der Waals surface area contributed by atoms with Crippen molar-refractivity contribution in [3.05, 3.63) is 80.0 Å². The van der Waals surface area contributed by atoms with E-state index < -0.39 is 20.9 Å². The number of hydrogen-bond acceptors (Lipinski definition) is 10. The van der Waals surface area contributed by atoms with E-state index in [9.17, 15) is 28.1 Å². The van der Waals surface area contributed by atoms with Crippen LogP contribution in [0.1, 0.15) is 51.0 Å². The number of carbonyl (C=O) groups is 1. The summed E-state index contributed by atoms with van der Waals surface area (Å²) >= 11 is 7.62. The first-order valence-corrected chi connectivity index (χ1v) is 17.0. The molecule has 0 amide bonds. The van der Waals surface area contributed by atoms with Crippen LogP contribution in [0.5, 0.6) is 5.75 Å². The molecule has 11 nitrogen and oxygen atoms in total. The third kappa shape index (κ3) is 11.6. The molecule has 2 heterocycles. The number of hydrogen-bond donors (Lipinski definition) is 1. The van der Waals surface area contributed by atoms with E-state index in [1.54, 1.807) is 13.0 Å². The van der Waals surface area contributed by atoms with Gasteiger partial charge in [0.05, 0.1) is 17.3 Å². The second-order valence-corrected chi connectivity index (χ2v) is 14.0. The molecule has 4 rings (SSSR count). The fourth-order valence-electron chi connectivity index (χ4n) is 4.44. The Morgan fingerprint density at radius 1 is 1.17 bits per heavy atom. The van der Waals surface area contributed by atoms with Crippen molar-refractivity contribution in [1.82, 2.24) is 4.31 Å². The second-order valence-electron chi connectivity index (χ2n) is 10.7. The number of anilines is 1. The summed E-state index contributed by atoms with van der Waals surface area (Å²) in [6.07, 6.45) is 2.94. The van der Waals surface area contributed by atoms with Crippen molar-refractivity contribution in [2.75, 3.05) is 31.6 Å². The first-order valence-electron chi connectivity index (χ1n) is 14.2. The average Bonchev–Trinajstić information content (AvgIpc) is 3.31. The monoisotopic (exact) mass is 915 g/mol. The summed E-state index contributed by atoms with van der Waals surface area (Å²) < 4.78 is 37.7. The minimum Gasteiger partial charge on any atom is -0.566 e. The van der Waals surface area contributed by atoms with Gasteiger partial charge in [-0.15, -0.1) is 11.6 Å². The Kier molecular flexibility index (Phi) is 16.2. The number of sulfonamides is 1. The van der Waals surface area contributed by atoms with E-state index in [4.69, 9.17) is 21.1 Å². The number of ether oxygens (including phenoxy) is 2. The number of carbonyl (C=O) groups excluding carboxylic acids is 2. The van der Waals surface area contributed by atoms with Crippen LogP contribution in [0.25, 0.3) is 10.4 Å². The van der Waals surface area contributed by atoms with Gasteiger partial charge in [-0.1, -0.05) is 29.1 Å². The molecular weight excluding hydrogens is 880 g/mol. The van der Waals surface area contributed by atoms with E-state index in [0.717, 1.165) is 22.6 Å². The van der Waals surface area contributed by atoms with Crippen molar-refractivity contribution < 1.29 is 63.5 Å². The first-order chi connectivity index (χ1) is 21.3. The predicted octanol–water partition coefficient (Wildman–Crippen LogP) is 6.40. The van der Waals surface area contributed by atoms with Gasteiger partial charge in [0.1, 0.15) is 0 Å². The Hall–Kier alpha value is -2.47. The summed E-state index contributed by atoms with van der Waals surface area (Å²) in [4.78, 5) is 34.4. The van der Waals surface area contributed by atoms with Gasteiger partial charge in [-0.25, -0.2) is 17.5 Å². The Morgan fingerprint density at radius 2 is 1.83 bits per heavy atom. The number of piperidine rings is 1. The third-order valence-electron chi connectivity index (χ3n) is 6.35. The van der Waals surface area contributed by atoms with Gasteiger partial charge in [0.2, 0.25) is 10.0 Å². The number of nitro benzene ring substituents is 1. The van der Waals surface area contributed by atoms with E-state index in [0.29, 0.717) is 36.4 Å². The molecule has 0 atom stereocenters. The standard InChI is InChI=1S/C27H27ClN3O8S2.C4H9.U/c1-2-38-24(33)16-39-26-23(15-32)40-27(25(26)28)19-6-4-7-21(14-19)29-20-9-11-30(12-10-20)41(36,37)17-18-5-3-8-22(13-18)31(34)35;1-4(2)3;/h3-8,13-14,20,29H,2,9-12,16-17H2,1H3;1-3H3;/q2*-1;+2. The number of nitrogens with one attached hydrogen (secondary N) is 1. The van der Waals surface area contributed by atoms with Gasteiger partial charge in [0.25, 0.3) is 5.69 Å². The third-order valence-corrected chi connectivity index (χ3v) is 9.79. The van der Waals surface area contributed by atoms with Crippen LogP contribution in [0.4, 0.5) is 11.4 Å². The summed E-state index contributed by atoms with van der Waals surface area (Å²) in [5.74, 6) is 0.608. The maximum Gasteiger partial charge on any atom is 2.00 e. The summed E-state index contributed by atoms with van der Waals surface area (Å²) in [6.45, 7) is 8.36. The number of halogens is 1. The molecular formula is C31H36ClN3O8S2U. The molecule has 1 aliphatic heterocycles. The number of esters is 1. The maximum atomic E-state index is 13.0. The molecule has 1 saturated heterocycles. The van der Waals surface area contributed by atoms with Crippen LogP contribution in [0.2, 0.25) is 5.02 Å². The molecule has 46 heavy (non-hydrogen) atoms. The van der Waals surface area contributed by atoms with Crippen LogP contribution in [-0.2, 0) is 30.1 Å². The van der Waals surface area contributed by atoms with Crippen LogP contribution in [0.3, 0.4) is 0 Å². The molecule has 2 aromatic carbocycles. The van der Waals surface area contributed by atoms with Crippen LogP contribution >= 0.6 is 22.9 Å². The Labute approximate surface area is 302 Å². The van der Waals surface area contributed by atoms with Crippen molar-refractivity contribution in [2.24, 2.45) is 0 Å². The van der Waals surface area contributed by atoms with E-state index in [1.165, 1.54) is 28.4 Å². The minimum absolute atomic E-state index is 0. The molecule has 0 aliphatic carbocycles. The van der Waals surface area contributed by atoms with Crippen LogP contribution < -0.4 is 10.1 Å². The molecule has 15 heteroatoms. The first kappa shape index (κ1) is 39.7. The molecule has 1 N–H and O–H groups in total. The van der Waals surface area contributed by atoms with Crippen molar-refractivity contribution in [2.45, 2.75) is 52.3 Å². The van der Waals surface area contributed by atoms with Crippen molar-refractivity contribution >= 4 is 56.6 Å². The quantitative estimate of drug-likeness (QED) is 0.0945. The number of benzene rings is 2. The number of nitrogens with zero attached hydrogens (tertiary/aromatic N) is 2. The van der Waals surface area contributed by atoms with Gasteiger partial charge in [0.15, 0.2) is 6.61 Å². The molecule has 1 aromatic heterocycles. The topological polar surface area (TPSA) is 145 Å². The fourth-order valence-corrected chi connectivity index (χ4v) is 7.34. The van der Waals surface area contributed by atoms with Crippen molar-refractivity contribution in [1.29, 1.82) is 0 Å². The molecule has 0 spiro atoms. The van der Waals surface area contributed by atoms with Crippen LogP contribution in [0, 0.1) is 47.1 Å². The number of nitro groups is 1. The number of non-ortho nitro benzene ring substituents is 1. The summed E-state index contributed by atoms with van der Waals surface area (Å²) in [7, 11) is -3.64. The van der Waals surface area contributed by atoms with E-state index in [1.807, 2.05) is 30.6 Å². The summed E-state index contributed by atoms with van der Waals surface area (Å²) in [5, 5.41) is 14.6. The zero-order chi connectivity index (χ0) is 33.1. The average molecular weight is 916 g/mol. The van der Waals surface area contributed by atoms with Gasteiger partial charge in [0, 0.05) is 58.9 Å². The van der Waals surface area contributed by atoms with E-state index >= 15 is 0 Å². The number of rotatable bonds is 12. The normalized spacial score (nSPS) is 13.6. The summed E-state index contributed by atoms with van der Waals surface area (Å²) in [5.41, 5.74) is 1.74. The zero-order valence-corrected chi connectivity index (χ0v) is 32.6. The number of thiophene rings is 1. The predicted molar refractivity (Wildman–Crippen MR) is 176 cm³/mol. The van der Waals surface area contributed by atoms with Gasteiger partial charge < -0.3 is 25.5 Å². The molecule has 1 fully saturated rings.